The Morgan fingerprint density at radius 2 is 0.864 bits per heavy atom. The van der Waals surface area contributed by atoms with Gasteiger partial charge in [-0.15, -0.1) is 69.1 Å². The Morgan fingerprint density at radius 1 is 0.523 bits per heavy atom. The normalized spacial score (nSPS) is 11.0. The van der Waals surface area contributed by atoms with Gasteiger partial charge in [-0.2, -0.15) is 12.1 Å². The first kappa shape index (κ1) is 36.7. The molecule has 0 heterocycles. The summed E-state index contributed by atoms with van der Waals surface area (Å²) in [4.78, 5) is 0. The molecule has 0 bridgehead atoms. The number of rotatable bonds is 4. The van der Waals surface area contributed by atoms with Crippen LogP contribution in [-0.2, 0) is 20.8 Å². The molecule has 6 aromatic carbocycles. The van der Waals surface area contributed by atoms with E-state index in [4.69, 9.17) is 17.0 Å². The Bertz CT molecular complexity index is 1580. The third-order valence-electron chi connectivity index (χ3n) is 6.71. The fourth-order valence-electron chi connectivity index (χ4n) is 5.63. The van der Waals surface area contributed by atoms with E-state index in [0.29, 0.717) is 0 Å². The number of aryl methyl sites for hydroxylation is 2. The number of benzene rings is 4. The molecule has 0 saturated carbocycles. The number of hydrogen-bond acceptors (Lipinski definition) is 0. The van der Waals surface area contributed by atoms with E-state index in [9.17, 15) is 0 Å². The molecule has 0 saturated heterocycles. The van der Waals surface area contributed by atoms with Gasteiger partial charge < -0.3 is 0 Å². The molecule has 0 N–H and O–H groups in total. The van der Waals surface area contributed by atoms with E-state index >= 15 is 0 Å². The Hall–Kier alpha value is -1.79. The van der Waals surface area contributed by atoms with Crippen LogP contribution in [0.2, 0.25) is 39.3 Å². The molecule has 0 nitrogen and oxygen atoms in total. The molecule has 0 fully saturated rings. The molecule has 6 heteroatoms. The van der Waals surface area contributed by atoms with E-state index in [1.807, 2.05) is 0 Å². The molecule has 0 atom stereocenters. The van der Waals surface area contributed by atoms with Crippen LogP contribution in [0, 0.1) is 13.8 Å². The van der Waals surface area contributed by atoms with Gasteiger partial charge in [0.25, 0.3) is 0 Å². The second-order valence-electron chi connectivity index (χ2n) is 13.1. The van der Waals surface area contributed by atoms with E-state index in [2.05, 4.69) is 174 Å². The minimum atomic E-state index is -0.826. The van der Waals surface area contributed by atoms with Crippen molar-refractivity contribution >= 4 is 62.3 Å². The van der Waals surface area contributed by atoms with Crippen molar-refractivity contribution in [2.75, 3.05) is 0 Å². The van der Waals surface area contributed by atoms with Crippen LogP contribution in [0.1, 0.15) is 11.1 Å². The fraction of sp³-hybridized carbons (Fsp3) is 0.211. The molecule has 44 heavy (non-hydrogen) atoms. The summed E-state index contributed by atoms with van der Waals surface area (Å²) in [6, 6.07) is 43.1. The van der Waals surface area contributed by atoms with Crippen molar-refractivity contribution in [3.8, 4) is 22.3 Å². The summed E-state index contributed by atoms with van der Waals surface area (Å²) in [5.74, 6) is 0. The van der Waals surface area contributed by atoms with Crippen LogP contribution in [0.4, 0.5) is 0 Å². The van der Waals surface area contributed by atoms with Crippen molar-refractivity contribution in [1.82, 2.24) is 0 Å². The zero-order chi connectivity index (χ0) is 32.3. The Balaban J connectivity index is 0.000000180. The maximum atomic E-state index is 4.93. The molecule has 0 aliphatic rings. The molecule has 226 valence electrons. The Morgan fingerprint density at radius 3 is 1.16 bits per heavy atom. The molecule has 0 aliphatic heterocycles. The zero-order valence-electron chi connectivity index (χ0n) is 27.3. The van der Waals surface area contributed by atoms with Gasteiger partial charge in [-0.25, -0.2) is 0 Å². The van der Waals surface area contributed by atoms with Crippen molar-refractivity contribution in [2.45, 2.75) is 53.1 Å². The van der Waals surface area contributed by atoms with Gasteiger partial charge in [-0.1, -0.05) is 137 Å². The second kappa shape index (κ2) is 17.2. The van der Waals surface area contributed by atoms with Gasteiger partial charge in [-0.05, 0) is 11.1 Å². The Labute approximate surface area is 288 Å². The molecule has 0 amide bonds. The average molecular weight is 747 g/mol. The molecule has 0 unspecified atom stereocenters. The third-order valence-corrected chi connectivity index (χ3v) is 26.2. The first-order valence-electron chi connectivity index (χ1n) is 15.0. The van der Waals surface area contributed by atoms with E-state index in [1.54, 1.807) is 0 Å². The predicted molar refractivity (Wildman–Crippen MR) is 204 cm³/mol. The second-order valence-corrected chi connectivity index (χ2v) is 38.1. The van der Waals surface area contributed by atoms with Crippen molar-refractivity contribution in [3.05, 3.63) is 132 Å². The van der Waals surface area contributed by atoms with Crippen LogP contribution in [0.25, 0.3) is 43.8 Å². The minimum absolute atomic E-state index is 0.703. The summed E-state index contributed by atoms with van der Waals surface area (Å²) in [5, 5.41) is 5.37. The van der Waals surface area contributed by atoms with Crippen LogP contribution < -0.4 is 0 Å². The van der Waals surface area contributed by atoms with Crippen LogP contribution in [0.5, 0.6) is 0 Å². The summed E-state index contributed by atoms with van der Waals surface area (Å²) >= 11 is -0.826. The van der Waals surface area contributed by atoms with E-state index in [1.165, 1.54) is 63.5 Å². The first-order valence-corrected chi connectivity index (χ1v) is 31.3. The average Bonchev–Trinajstić information content (AvgIpc) is 3.53. The van der Waals surface area contributed by atoms with E-state index in [-0.39, 0.29) is 0 Å². The molecule has 0 aliphatic carbocycles. The van der Waals surface area contributed by atoms with Crippen molar-refractivity contribution in [3.63, 3.8) is 0 Å². The number of hydrogen-bond donors (Lipinski definition) is 0. The molecule has 6 aromatic rings. The van der Waals surface area contributed by atoms with Crippen LogP contribution in [0.15, 0.2) is 121 Å². The third kappa shape index (κ3) is 11.9. The summed E-state index contributed by atoms with van der Waals surface area (Å²) < 4.78 is 0. The fourth-order valence-corrected chi connectivity index (χ4v) is 34.9. The van der Waals surface area contributed by atoms with Gasteiger partial charge in [0.1, 0.15) is 0 Å². The summed E-state index contributed by atoms with van der Waals surface area (Å²) in [7, 11) is 9.79. The van der Waals surface area contributed by atoms with Gasteiger partial charge in [0.15, 0.2) is 0 Å². The SMILES string of the molecule is C[Si](C)(C)[Si][Si](C)(C)C.Cc1cc2c(-c3ccccc3)cccc2[cH-]1.Cc1cc2c(-c3ccccc3)cccc2[cH-]1.[Cl][Zr+2][Cl]. The van der Waals surface area contributed by atoms with E-state index in [0.717, 1.165) is 0 Å². The zero-order valence-corrected chi connectivity index (χ0v) is 34.3. The van der Waals surface area contributed by atoms with Crippen molar-refractivity contribution in [1.29, 1.82) is 0 Å². The maximum absolute atomic E-state index is 4.93. The van der Waals surface area contributed by atoms with Gasteiger partial charge >= 0.3 is 37.9 Å². The molecule has 0 aromatic heterocycles. The number of halogens is 2. The van der Waals surface area contributed by atoms with Crippen molar-refractivity contribution in [2.24, 2.45) is 0 Å². The molecule has 6 rings (SSSR count). The molecule has 0 spiro atoms. The quantitative estimate of drug-likeness (QED) is 0.124. The summed E-state index contributed by atoms with van der Waals surface area (Å²) in [6.45, 7) is 19.2. The van der Waals surface area contributed by atoms with Gasteiger partial charge in [-0.3, -0.25) is 0 Å². The Kier molecular flexibility index (Phi) is 14.4. The monoisotopic (exact) mass is 744 g/mol. The number of fused-ring (bicyclic) bond motifs is 2. The van der Waals surface area contributed by atoms with Crippen LogP contribution in [-0.4, -0.2) is 23.7 Å². The van der Waals surface area contributed by atoms with E-state index < -0.39 is 36.0 Å². The van der Waals surface area contributed by atoms with Gasteiger partial charge in [0.2, 0.25) is 0 Å². The van der Waals surface area contributed by atoms with Crippen molar-refractivity contribution < 1.29 is 20.8 Å². The predicted octanol–water partition coefficient (Wildman–Crippen LogP) is 12.8. The molecular formula is C38H44Cl2Si3Zr. The standard InChI is InChI=1S/2C16H13.C6H18Si3.2ClH.Zr/c2*1-12-10-14-8-5-9-15(16(14)11-12)13-6-3-2-4-7-13;1-8(2,3)7-9(4,5)6;;;/h2*2-11H,1H3;1-6H3;2*1H;/q2*-1;;;;+4/p-2. The topological polar surface area (TPSA) is 0 Å². The first-order chi connectivity index (χ1) is 20.8. The molecular weight excluding hydrogens is 703 g/mol. The summed E-state index contributed by atoms with van der Waals surface area (Å²) in [5.41, 5.74) is 7.89. The van der Waals surface area contributed by atoms with Gasteiger partial charge in [0.05, 0.1) is 0 Å². The van der Waals surface area contributed by atoms with Gasteiger partial charge in [0, 0.05) is 23.7 Å². The van der Waals surface area contributed by atoms with Crippen LogP contribution in [0.3, 0.4) is 0 Å². The summed E-state index contributed by atoms with van der Waals surface area (Å²) in [6.07, 6.45) is 0. The molecule has 2 radical (unpaired) electrons. The van der Waals surface area contributed by atoms with Crippen LogP contribution >= 0.6 is 17.0 Å².